The number of sulfone groups is 2. The quantitative estimate of drug-likeness (QED) is 0.314. The van der Waals surface area contributed by atoms with Crippen LogP contribution in [0.2, 0.25) is 0 Å². The number of carbonyl (C=O) groups excluding carboxylic acids is 1. The van der Waals surface area contributed by atoms with Crippen LogP contribution in [0.1, 0.15) is 48.8 Å². The SMILES string of the molecule is O=C(C1CCS(=O)(=O)CC1)N1CCCC2(S(=O)(=O)c3ccc(F)cc3)c3ccc(C(F)(C(F)(F)F)C(F)(F)F)cc3CCC12. The molecule has 3 aliphatic rings. The summed E-state index contributed by atoms with van der Waals surface area (Å²) in [4.78, 5) is 14.7. The highest BCUT2D eigenvalue weighted by atomic mass is 32.2. The molecular weight excluding hydrogens is 646 g/mol. The maximum Gasteiger partial charge on any atom is 0.435 e. The Labute approximate surface area is 248 Å². The standard InChI is InChI=1S/C28H27F8NO5S2/c29-20-4-6-21(7-5-20)44(41,42)25-12-1-13-37(24(38)17-10-14-43(39,40)15-11-17)23(25)9-2-18-16-19(3-8-22(18)25)26(30,27(31,32)33)28(34,35)36/h3-8,16-17,23H,1-2,9-15H2. The summed E-state index contributed by atoms with van der Waals surface area (Å²) in [6.07, 6.45) is -13.3. The third-order valence-electron chi connectivity index (χ3n) is 9.08. The van der Waals surface area contributed by atoms with Gasteiger partial charge < -0.3 is 4.90 Å². The molecule has 2 aromatic carbocycles. The number of halogens is 8. The normalized spacial score (nSPS) is 24.8. The number of rotatable bonds is 4. The van der Waals surface area contributed by atoms with Crippen molar-refractivity contribution in [2.75, 3.05) is 18.1 Å². The van der Waals surface area contributed by atoms with Crippen LogP contribution in [0.3, 0.4) is 0 Å². The Bertz CT molecular complexity index is 1640. The van der Waals surface area contributed by atoms with Gasteiger partial charge in [0.05, 0.1) is 22.4 Å². The number of piperidine rings is 1. The predicted molar refractivity (Wildman–Crippen MR) is 141 cm³/mol. The van der Waals surface area contributed by atoms with E-state index in [9.17, 15) is 52.4 Å². The van der Waals surface area contributed by atoms with Crippen molar-refractivity contribution in [3.63, 3.8) is 0 Å². The van der Waals surface area contributed by atoms with Crippen molar-refractivity contribution in [2.24, 2.45) is 5.92 Å². The fraction of sp³-hybridized carbons (Fsp3) is 0.536. The second kappa shape index (κ2) is 10.7. The van der Waals surface area contributed by atoms with E-state index in [1.54, 1.807) is 0 Å². The van der Waals surface area contributed by atoms with Crippen LogP contribution in [0.5, 0.6) is 0 Å². The van der Waals surface area contributed by atoms with E-state index in [1.807, 2.05) is 0 Å². The lowest BCUT2D eigenvalue weighted by Gasteiger charge is -2.53. The van der Waals surface area contributed by atoms with E-state index in [0.717, 1.165) is 30.3 Å². The number of benzene rings is 2. The minimum absolute atomic E-state index is 0.00944. The average molecular weight is 674 g/mol. The van der Waals surface area contributed by atoms with E-state index < -0.39 is 71.7 Å². The third kappa shape index (κ3) is 4.99. The molecule has 1 amide bonds. The lowest BCUT2D eigenvalue weighted by atomic mass is 9.72. The molecule has 6 nitrogen and oxygen atoms in total. The molecule has 2 fully saturated rings. The van der Waals surface area contributed by atoms with Gasteiger partial charge in [0.25, 0.3) is 0 Å². The van der Waals surface area contributed by atoms with Crippen LogP contribution in [0.4, 0.5) is 35.1 Å². The molecule has 2 saturated heterocycles. The van der Waals surface area contributed by atoms with Gasteiger partial charge in [0.15, 0.2) is 9.84 Å². The van der Waals surface area contributed by atoms with Gasteiger partial charge >= 0.3 is 18.0 Å². The van der Waals surface area contributed by atoms with Crippen LogP contribution in [0.25, 0.3) is 0 Å². The molecule has 5 rings (SSSR count). The van der Waals surface area contributed by atoms with Crippen molar-refractivity contribution >= 4 is 25.6 Å². The first-order valence-electron chi connectivity index (χ1n) is 13.7. The maximum atomic E-state index is 15.0. The van der Waals surface area contributed by atoms with Gasteiger partial charge in [-0.05, 0) is 73.9 Å². The Morgan fingerprint density at radius 3 is 2.05 bits per heavy atom. The van der Waals surface area contributed by atoms with Gasteiger partial charge in [-0.2, -0.15) is 26.3 Å². The number of likely N-dealkylation sites (tertiary alicyclic amines) is 1. The monoisotopic (exact) mass is 673 g/mol. The number of amides is 1. The van der Waals surface area contributed by atoms with Gasteiger partial charge in [-0.3, -0.25) is 4.79 Å². The first-order chi connectivity index (χ1) is 20.3. The molecule has 2 heterocycles. The molecule has 16 heteroatoms. The zero-order chi connectivity index (χ0) is 32.5. The lowest BCUT2D eigenvalue weighted by molar-refractivity contribution is -0.348. The third-order valence-corrected chi connectivity index (χ3v) is 13.3. The fourth-order valence-corrected chi connectivity index (χ4v) is 10.8. The first-order valence-corrected chi connectivity index (χ1v) is 17.0. The molecule has 2 unspecified atom stereocenters. The summed E-state index contributed by atoms with van der Waals surface area (Å²) in [5.41, 5.74) is -7.91. The molecule has 0 bridgehead atoms. The molecule has 44 heavy (non-hydrogen) atoms. The summed E-state index contributed by atoms with van der Waals surface area (Å²) in [7, 11) is -7.97. The smallest absolute Gasteiger partial charge is 0.338 e. The van der Waals surface area contributed by atoms with Gasteiger partial charge in [0, 0.05) is 18.0 Å². The summed E-state index contributed by atoms with van der Waals surface area (Å²) in [5.74, 6) is -2.48. The van der Waals surface area contributed by atoms with Gasteiger partial charge in [0.2, 0.25) is 5.91 Å². The number of hydrogen-bond donors (Lipinski definition) is 0. The first kappa shape index (κ1) is 32.6. The van der Waals surface area contributed by atoms with Crippen molar-refractivity contribution in [1.29, 1.82) is 0 Å². The minimum atomic E-state index is -6.38. The largest absolute Gasteiger partial charge is 0.435 e. The highest BCUT2D eigenvalue weighted by molar-refractivity contribution is 7.92. The van der Waals surface area contributed by atoms with E-state index in [0.29, 0.717) is 6.07 Å². The number of aryl methyl sites for hydroxylation is 1. The molecule has 0 spiro atoms. The molecule has 2 aromatic rings. The molecule has 0 saturated carbocycles. The van der Waals surface area contributed by atoms with Crippen LogP contribution in [-0.4, -0.2) is 64.1 Å². The van der Waals surface area contributed by atoms with E-state index in [1.165, 1.54) is 4.90 Å². The van der Waals surface area contributed by atoms with Gasteiger partial charge in [-0.25, -0.2) is 25.6 Å². The number of alkyl halides is 7. The molecule has 0 aromatic heterocycles. The Kier molecular flexibility index (Phi) is 7.91. The number of nitrogens with zero attached hydrogens (tertiary/aromatic N) is 1. The predicted octanol–water partition coefficient (Wildman–Crippen LogP) is 5.55. The van der Waals surface area contributed by atoms with Crippen LogP contribution in [0.15, 0.2) is 47.4 Å². The summed E-state index contributed by atoms with van der Waals surface area (Å²) in [6.45, 7) is 0.0800. The van der Waals surface area contributed by atoms with Crippen LogP contribution in [-0.2, 0) is 41.3 Å². The topological polar surface area (TPSA) is 88.6 Å². The molecular formula is C28H27F8NO5S2. The molecule has 1 aliphatic carbocycles. The van der Waals surface area contributed by atoms with Gasteiger partial charge in [0.1, 0.15) is 20.4 Å². The number of fused-ring (bicyclic) bond motifs is 3. The maximum absolute atomic E-state index is 15.0. The van der Waals surface area contributed by atoms with E-state index in [4.69, 9.17) is 0 Å². The van der Waals surface area contributed by atoms with Crippen molar-refractivity contribution in [1.82, 2.24) is 4.90 Å². The summed E-state index contributed by atoms with van der Waals surface area (Å²) < 4.78 is 161. The Morgan fingerprint density at radius 1 is 0.886 bits per heavy atom. The summed E-state index contributed by atoms with van der Waals surface area (Å²) in [6, 6.07) is 3.99. The van der Waals surface area contributed by atoms with Crippen molar-refractivity contribution < 1.29 is 56.8 Å². The van der Waals surface area contributed by atoms with Crippen molar-refractivity contribution in [2.45, 2.75) is 72.2 Å². The molecule has 0 radical (unpaired) electrons. The van der Waals surface area contributed by atoms with Gasteiger partial charge in [-0.15, -0.1) is 0 Å². The van der Waals surface area contributed by atoms with Crippen LogP contribution in [0, 0.1) is 11.7 Å². The zero-order valence-electron chi connectivity index (χ0n) is 22.9. The van der Waals surface area contributed by atoms with Crippen LogP contribution < -0.4 is 0 Å². The molecule has 2 atom stereocenters. The molecule has 0 N–H and O–H groups in total. The lowest BCUT2D eigenvalue weighted by Crippen LogP contribution is -2.63. The number of carbonyl (C=O) groups is 1. The zero-order valence-corrected chi connectivity index (χ0v) is 24.5. The highest BCUT2D eigenvalue weighted by Crippen LogP contribution is 2.56. The Hall–Kier alpha value is -2.75. The average Bonchev–Trinajstić information content (AvgIpc) is 2.94. The van der Waals surface area contributed by atoms with E-state index in [2.05, 4.69) is 0 Å². The second-order valence-electron chi connectivity index (χ2n) is 11.5. The minimum Gasteiger partial charge on any atom is -0.338 e. The Balaban J connectivity index is 1.68. The molecule has 2 aliphatic heterocycles. The van der Waals surface area contributed by atoms with Crippen molar-refractivity contribution in [3.05, 3.63) is 65.0 Å². The van der Waals surface area contributed by atoms with E-state index >= 15 is 4.39 Å². The second-order valence-corrected chi connectivity index (χ2v) is 16.0. The van der Waals surface area contributed by atoms with Crippen LogP contribution >= 0.6 is 0 Å². The van der Waals surface area contributed by atoms with Gasteiger partial charge in [-0.1, -0.05) is 18.2 Å². The summed E-state index contributed by atoms with van der Waals surface area (Å²) in [5, 5.41) is 0. The van der Waals surface area contributed by atoms with E-state index in [-0.39, 0.29) is 78.7 Å². The Morgan fingerprint density at radius 2 is 1.48 bits per heavy atom. The molecule has 242 valence electrons. The van der Waals surface area contributed by atoms with Crippen molar-refractivity contribution in [3.8, 4) is 0 Å². The summed E-state index contributed by atoms with van der Waals surface area (Å²) >= 11 is 0. The fourth-order valence-electron chi connectivity index (χ4n) is 6.91. The number of hydrogen-bond acceptors (Lipinski definition) is 5. The highest BCUT2D eigenvalue weighted by Gasteiger charge is 2.73.